The Bertz CT molecular complexity index is 1210. The highest BCUT2D eigenvalue weighted by atomic mass is 16.5. The molecule has 2 amide bonds. The van der Waals surface area contributed by atoms with Crippen LogP contribution in [0.25, 0.3) is 0 Å². The zero-order valence-electron chi connectivity index (χ0n) is 18.5. The molecule has 0 spiro atoms. The summed E-state index contributed by atoms with van der Waals surface area (Å²) in [5, 5.41) is 0. The molecule has 2 bridgehead atoms. The van der Waals surface area contributed by atoms with Crippen molar-refractivity contribution < 1.29 is 28.7 Å². The van der Waals surface area contributed by atoms with Crippen molar-refractivity contribution in [1.29, 1.82) is 0 Å². The van der Waals surface area contributed by atoms with Crippen LogP contribution < -0.4 is 9.64 Å². The number of Topliss-reactive ketones (excluding diaryl/α,β-unsaturated/α-hetero) is 1. The molecule has 34 heavy (non-hydrogen) atoms. The molecule has 0 unspecified atom stereocenters. The molecular formula is C27H23NO6. The molecule has 0 aromatic heterocycles. The third-order valence-corrected chi connectivity index (χ3v) is 7.75. The van der Waals surface area contributed by atoms with Crippen LogP contribution in [0.15, 0.2) is 60.7 Å². The van der Waals surface area contributed by atoms with Gasteiger partial charge in [-0.25, -0.2) is 9.69 Å². The minimum atomic E-state index is -0.691. The zero-order valence-corrected chi connectivity index (χ0v) is 18.5. The van der Waals surface area contributed by atoms with Crippen molar-refractivity contribution in [3.8, 4) is 5.75 Å². The summed E-state index contributed by atoms with van der Waals surface area (Å²) < 4.78 is 10.3. The molecule has 1 heterocycles. The normalized spacial score (nSPS) is 30.1. The second-order valence-corrected chi connectivity index (χ2v) is 9.44. The number of nitrogens with zero attached hydrogens (tertiary/aromatic N) is 1. The van der Waals surface area contributed by atoms with Crippen LogP contribution in [0, 0.1) is 35.5 Å². The zero-order chi connectivity index (χ0) is 23.6. The molecule has 7 heteroatoms. The van der Waals surface area contributed by atoms with Crippen LogP contribution in [-0.4, -0.2) is 37.3 Å². The molecule has 2 aromatic rings. The number of benzene rings is 2. The lowest BCUT2D eigenvalue weighted by Crippen LogP contribution is -2.40. The second-order valence-electron chi connectivity index (χ2n) is 9.44. The summed E-state index contributed by atoms with van der Waals surface area (Å²) in [4.78, 5) is 52.8. The molecule has 7 rings (SSSR count). The van der Waals surface area contributed by atoms with Gasteiger partial charge in [0.05, 0.1) is 30.2 Å². The van der Waals surface area contributed by atoms with Crippen molar-refractivity contribution in [2.75, 3.05) is 18.6 Å². The number of carbonyl (C=O) groups excluding carboxylic acids is 4. The molecule has 3 fully saturated rings. The first-order valence-corrected chi connectivity index (χ1v) is 11.5. The van der Waals surface area contributed by atoms with Gasteiger partial charge < -0.3 is 9.47 Å². The van der Waals surface area contributed by atoms with Gasteiger partial charge in [0, 0.05) is 5.56 Å². The number of ketones is 1. The van der Waals surface area contributed by atoms with Gasteiger partial charge in [-0.05, 0) is 72.6 Å². The number of esters is 1. The highest BCUT2D eigenvalue weighted by Gasteiger charge is 2.67. The maximum Gasteiger partial charge on any atom is 0.338 e. The molecule has 5 aliphatic rings. The van der Waals surface area contributed by atoms with Crippen molar-refractivity contribution in [3.05, 3.63) is 71.8 Å². The lowest BCUT2D eigenvalue weighted by Gasteiger charge is -2.37. The SMILES string of the molecule is COc1ccc(C(=O)COC(=O)c2cccc(N3C(=O)[C@@H]4[C@H]5C=C[C@@H]([C@@H]6C[C@@H]56)[C@H]4C3=O)c2)cc1. The number of ether oxygens (including phenoxy) is 2. The number of allylic oxidation sites excluding steroid dienone is 2. The number of hydrogen-bond acceptors (Lipinski definition) is 6. The van der Waals surface area contributed by atoms with Gasteiger partial charge in [0.25, 0.3) is 0 Å². The fraction of sp³-hybridized carbons (Fsp3) is 0.333. The Morgan fingerprint density at radius 2 is 1.56 bits per heavy atom. The van der Waals surface area contributed by atoms with E-state index in [1.54, 1.807) is 42.5 Å². The van der Waals surface area contributed by atoms with Gasteiger partial charge >= 0.3 is 5.97 Å². The van der Waals surface area contributed by atoms with E-state index in [-0.39, 0.29) is 46.8 Å². The summed E-state index contributed by atoms with van der Waals surface area (Å²) in [6, 6.07) is 12.8. The summed E-state index contributed by atoms with van der Waals surface area (Å²) in [5.74, 6) is -0.0530. The Morgan fingerprint density at radius 3 is 2.18 bits per heavy atom. The maximum absolute atomic E-state index is 13.3. The van der Waals surface area contributed by atoms with Crippen LogP contribution in [0.4, 0.5) is 5.69 Å². The van der Waals surface area contributed by atoms with Gasteiger partial charge in [-0.2, -0.15) is 0 Å². The van der Waals surface area contributed by atoms with Crippen molar-refractivity contribution >= 4 is 29.3 Å². The van der Waals surface area contributed by atoms with Gasteiger partial charge in [-0.1, -0.05) is 18.2 Å². The maximum atomic E-state index is 13.3. The van der Waals surface area contributed by atoms with E-state index in [0.717, 1.165) is 6.42 Å². The number of imide groups is 1. The minimum Gasteiger partial charge on any atom is -0.497 e. The molecule has 2 saturated carbocycles. The molecule has 0 N–H and O–H groups in total. The van der Waals surface area contributed by atoms with Gasteiger partial charge in [0.15, 0.2) is 12.4 Å². The Hall–Kier alpha value is -3.74. The van der Waals surface area contributed by atoms with Crippen molar-refractivity contribution in [2.45, 2.75) is 6.42 Å². The number of hydrogen-bond donors (Lipinski definition) is 0. The fourth-order valence-corrected chi connectivity index (χ4v) is 6.06. The van der Waals surface area contributed by atoms with E-state index in [2.05, 4.69) is 12.2 Å². The molecule has 172 valence electrons. The summed E-state index contributed by atoms with van der Waals surface area (Å²) >= 11 is 0. The van der Waals surface area contributed by atoms with E-state index in [9.17, 15) is 19.2 Å². The first kappa shape index (κ1) is 20.8. The van der Waals surface area contributed by atoms with Gasteiger partial charge in [-0.3, -0.25) is 14.4 Å². The Kier molecular flexibility index (Phi) is 4.69. The molecule has 0 radical (unpaired) electrons. The second kappa shape index (κ2) is 7.65. The van der Waals surface area contributed by atoms with Crippen molar-refractivity contribution in [1.82, 2.24) is 0 Å². The van der Waals surface area contributed by atoms with Crippen molar-refractivity contribution in [3.63, 3.8) is 0 Å². The summed E-state index contributed by atoms with van der Waals surface area (Å²) in [7, 11) is 1.54. The standard InChI is InChI=1S/C27H23NO6/c1-33-17-7-5-14(6-8-17)22(29)13-34-27(32)15-3-2-4-16(11-15)28-25(30)23-18-9-10-19(21-12-20(18)21)24(23)26(28)31/h2-11,18-21,23-24H,12-13H2,1H3/t18-,19-,20-,21-,23+,24+/m0/s1. The molecule has 1 saturated heterocycles. The predicted octanol–water partition coefficient (Wildman–Crippen LogP) is 3.29. The van der Waals surface area contributed by atoms with E-state index >= 15 is 0 Å². The summed E-state index contributed by atoms with van der Waals surface area (Å²) in [6.45, 7) is -0.418. The van der Waals surface area contributed by atoms with E-state index in [1.165, 1.54) is 18.1 Å². The first-order chi connectivity index (χ1) is 16.5. The van der Waals surface area contributed by atoms with Crippen LogP contribution in [0.2, 0.25) is 0 Å². The largest absolute Gasteiger partial charge is 0.497 e. The Labute approximate surface area is 196 Å². The van der Waals surface area contributed by atoms with Crippen LogP contribution in [0.1, 0.15) is 27.1 Å². The van der Waals surface area contributed by atoms with Gasteiger partial charge in [-0.15, -0.1) is 0 Å². The number of methoxy groups -OCH3 is 1. The molecular weight excluding hydrogens is 434 g/mol. The quantitative estimate of drug-likeness (QED) is 0.286. The highest BCUT2D eigenvalue weighted by molar-refractivity contribution is 6.23. The van der Waals surface area contributed by atoms with Gasteiger partial charge in [0.2, 0.25) is 11.8 Å². The van der Waals surface area contributed by atoms with E-state index in [4.69, 9.17) is 9.47 Å². The average Bonchev–Trinajstić information content (AvgIpc) is 3.65. The van der Waals surface area contributed by atoms with Crippen LogP contribution in [-0.2, 0) is 14.3 Å². The highest BCUT2D eigenvalue weighted by Crippen LogP contribution is 2.65. The van der Waals surface area contributed by atoms with Crippen molar-refractivity contribution in [2.24, 2.45) is 35.5 Å². The van der Waals surface area contributed by atoms with Gasteiger partial charge in [0.1, 0.15) is 5.75 Å². The smallest absolute Gasteiger partial charge is 0.338 e. The summed E-state index contributed by atoms with van der Waals surface area (Å²) in [6.07, 6.45) is 5.36. The number of amides is 2. The molecule has 2 aromatic carbocycles. The minimum absolute atomic E-state index is 0.138. The molecule has 7 nitrogen and oxygen atoms in total. The number of anilines is 1. The third-order valence-electron chi connectivity index (χ3n) is 7.75. The lowest BCUT2D eigenvalue weighted by atomic mass is 9.63. The van der Waals surface area contributed by atoms with Crippen LogP contribution in [0.5, 0.6) is 5.75 Å². The van der Waals surface area contributed by atoms with E-state index in [0.29, 0.717) is 28.8 Å². The topological polar surface area (TPSA) is 90.0 Å². The Morgan fingerprint density at radius 1 is 0.912 bits per heavy atom. The summed E-state index contributed by atoms with van der Waals surface area (Å²) in [5.41, 5.74) is 0.951. The average molecular weight is 457 g/mol. The molecule has 1 aliphatic heterocycles. The Balaban J connectivity index is 1.17. The van der Waals surface area contributed by atoms with E-state index < -0.39 is 12.6 Å². The lowest BCUT2D eigenvalue weighted by molar-refractivity contribution is -0.124. The van der Waals surface area contributed by atoms with E-state index in [1.807, 2.05) is 0 Å². The number of carbonyl (C=O) groups is 4. The number of rotatable bonds is 6. The third kappa shape index (κ3) is 3.10. The monoisotopic (exact) mass is 457 g/mol. The molecule has 4 aliphatic carbocycles. The molecule has 6 atom stereocenters. The van der Waals surface area contributed by atoms with Crippen LogP contribution in [0.3, 0.4) is 0 Å². The predicted molar refractivity (Wildman–Crippen MR) is 121 cm³/mol. The first-order valence-electron chi connectivity index (χ1n) is 11.5. The fourth-order valence-electron chi connectivity index (χ4n) is 6.06. The van der Waals surface area contributed by atoms with Crippen LogP contribution >= 0.6 is 0 Å².